The van der Waals surface area contributed by atoms with Gasteiger partial charge in [-0.3, -0.25) is 4.90 Å². The number of nitrogens with zero attached hydrogens (tertiary/aromatic N) is 2. The molecule has 0 N–H and O–H groups in total. The molecule has 0 aromatic heterocycles. The van der Waals surface area contributed by atoms with Crippen molar-refractivity contribution in [1.29, 1.82) is 0 Å². The van der Waals surface area contributed by atoms with Crippen molar-refractivity contribution in [2.75, 3.05) is 6.54 Å². The van der Waals surface area contributed by atoms with Gasteiger partial charge < -0.3 is 0 Å². The number of rotatable bonds is 4. The summed E-state index contributed by atoms with van der Waals surface area (Å²) in [6.07, 6.45) is 3.99. The first-order chi connectivity index (χ1) is 8.31. The zero-order valence-corrected chi connectivity index (χ0v) is 10.2. The van der Waals surface area contributed by atoms with Gasteiger partial charge in [0, 0.05) is 12.6 Å². The van der Waals surface area contributed by atoms with Crippen LogP contribution in [0.3, 0.4) is 0 Å². The van der Waals surface area contributed by atoms with Crippen molar-refractivity contribution in [2.24, 2.45) is 4.99 Å². The largest absolute Gasteiger partial charge is 0.294 e. The van der Waals surface area contributed by atoms with Crippen molar-refractivity contribution in [2.45, 2.75) is 38.4 Å². The molecule has 1 aliphatic rings. The molecular weight excluding hydrogens is 212 g/mol. The number of hydrogen-bond donors (Lipinski definition) is 0. The Balaban J connectivity index is 2.02. The van der Waals surface area contributed by atoms with Crippen LogP contribution in [0.4, 0.5) is 0 Å². The van der Waals surface area contributed by atoms with Gasteiger partial charge in [0.1, 0.15) is 0 Å². The number of benzene rings is 1. The Bertz CT molecular complexity index is 398. The van der Waals surface area contributed by atoms with Gasteiger partial charge in [-0.25, -0.2) is 9.79 Å². The van der Waals surface area contributed by atoms with E-state index in [2.05, 4.69) is 34.2 Å². The number of aliphatic imine (C=N–C) groups is 1. The summed E-state index contributed by atoms with van der Waals surface area (Å²) >= 11 is 0. The van der Waals surface area contributed by atoms with E-state index in [0.717, 1.165) is 19.5 Å². The van der Waals surface area contributed by atoms with Gasteiger partial charge in [0.15, 0.2) is 0 Å². The van der Waals surface area contributed by atoms with E-state index in [1.165, 1.54) is 12.0 Å². The zero-order chi connectivity index (χ0) is 12.1. The third-order valence-corrected chi connectivity index (χ3v) is 3.46. The molecule has 0 aliphatic carbocycles. The highest BCUT2D eigenvalue weighted by molar-refractivity contribution is 5.33. The van der Waals surface area contributed by atoms with Crippen molar-refractivity contribution in [3.8, 4) is 0 Å². The molecule has 17 heavy (non-hydrogen) atoms. The maximum atomic E-state index is 10.3. The summed E-state index contributed by atoms with van der Waals surface area (Å²) in [5.74, 6) is 0. The van der Waals surface area contributed by atoms with E-state index < -0.39 is 0 Å². The first kappa shape index (κ1) is 12.0. The normalized spacial score (nSPS) is 22.1. The van der Waals surface area contributed by atoms with Gasteiger partial charge in [-0.15, -0.1) is 0 Å². The van der Waals surface area contributed by atoms with Crippen LogP contribution in [-0.2, 0) is 11.3 Å². The average molecular weight is 230 g/mol. The topological polar surface area (TPSA) is 32.7 Å². The molecule has 2 rings (SSSR count). The molecule has 1 aliphatic heterocycles. The van der Waals surface area contributed by atoms with E-state index in [-0.39, 0.29) is 6.04 Å². The molecule has 90 valence electrons. The predicted molar refractivity (Wildman–Crippen MR) is 67.5 cm³/mol. The number of isocyanates is 1. The molecule has 1 saturated heterocycles. The lowest BCUT2D eigenvalue weighted by Crippen LogP contribution is -2.36. The Morgan fingerprint density at radius 2 is 2.24 bits per heavy atom. The van der Waals surface area contributed by atoms with Crippen molar-refractivity contribution in [3.63, 3.8) is 0 Å². The van der Waals surface area contributed by atoms with Crippen LogP contribution in [0, 0.1) is 0 Å². The van der Waals surface area contributed by atoms with Gasteiger partial charge in [0.05, 0.1) is 6.04 Å². The highest BCUT2D eigenvalue weighted by atomic mass is 16.1. The van der Waals surface area contributed by atoms with Crippen LogP contribution in [0.25, 0.3) is 0 Å². The van der Waals surface area contributed by atoms with Crippen molar-refractivity contribution >= 4 is 6.08 Å². The lowest BCUT2D eigenvalue weighted by atomic mass is 10.1. The molecule has 1 aromatic carbocycles. The van der Waals surface area contributed by atoms with E-state index in [1.807, 2.05) is 13.0 Å². The summed E-state index contributed by atoms with van der Waals surface area (Å²) in [5, 5.41) is 0. The molecule has 0 amide bonds. The summed E-state index contributed by atoms with van der Waals surface area (Å²) in [7, 11) is 0. The first-order valence-electron chi connectivity index (χ1n) is 6.16. The third-order valence-electron chi connectivity index (χ3n) is 3.46. The summed E-state index contributed by atoms with van der Waals surface area (Å²) in [6.45, 7) is 4.04. The zero-order valence-electron chi connectivity index (χ0n) is 10.2. The van der Waals surface area contributed by atoms with Gasteiger partial charge in [0.2, 0.25) is 6.08 Å². The van der Waals surface area contributed by atoms with Crippen LogP contribution in [0.15, 0.2) is 35.3 Å². The van der Waals surface area contributed by atoms with Crippen LogP contribution in [0.5, 0.6) is 0 Å². The van der Waals surface area contributed by atoms with Gasteiger partial charge in [-0.1, -0.05) is 30.3 Å². The molecule has 1 aromatic rings. The van der Waals surface area contributed by atoms with Crippen LogP contribution in [-0.4, -0.2) is 29.6 Å². The second-order valence-electron chi connectivity index (χ2n) is 4.63. The highest BCUT2D eigenvalue weighted by Crippen LogP contribution is 2.23. The molecule has 1 heterocycles. The fourth-order valence-corrected chi connectivity index (χ4v) is 2.58. The second-order valence-corrected chi connectivity index (χ2v) is 4.63. The number of carbonyl (C=O) groups excluding carboxylic acids is 1. The molecule has 0 bridgehead atoms. The van der Waals surface area contributed by atoms with Crippen molar-refractivity contribution in [3.05, 3.63) is 35.9 Å². The fourth-order valence-electron chi connectivity index (χ4n) is 2.58. The Hall–Kier alpha value is -1.44. The van der Waals surface area contributed by atoms with Crippen LogP contribution in [0.1, 0.15) is 25.3 Å². The van der Waals surface area contributed by atoms with E-state index >= 15 is 0 Å². The maximum Gasteiger partial charge on any atom is 0.235 e. The van der Waals surface area contributed by atoms with Crippen LogP contribution in [0.2, 0.25) is 0 Å². The second kappa shape index (κ2) is 5.76. The summed E-state index contributed by atoms with van der Waals surface area (Å²) < 4.78 is 0. The molecule has 1 fully saturated rings. The minimum Gasteiger partial charge on any atom is -0.294 e. The van der Waals surface area contributed by atoms with Gasteiger partial charge in [-0.05, 0) is 31.9 Å². The SMILES string of the molecule is CC(N=C=O)C1CCCN1Cc1ccccc1. The summed E-state index contributed by atoms with van der Waals surface area (Å²) in [4.78, 5) is 16.6. The molecule has 0 radical (unpaired) electrons. The van der Waals surface area contributed by atoms with Crippen molar-refractivity contribution < 1.29 is 4.79 Å². The molecule has 3 nitrogen and oxygen atoms in total. The quantitative estimate of drug-likeness (QED) is 0.587. The molecule has 0 saturated carbocycles. The Labute approximate surface area is 102 Å². The average Bonchev–Trinajstić information content (AvgIpc) is 2.79. The van der Waals surface area contributed by atoms with Crippen LogP contribution < -0.4 is 0 Å². The van der Waals surface area contributed by atoms with E-state index in [4.69, 9.17) is 0 Å². The first-order valence-corrected chi connectivity index (χ1v) is 6.16. The van der Waals surface area contributed by atoms with Gasteiger partial charge in [0.25, 0.3) is 0 Å². The summed E-state index contributed by atoms with van der Waals surface area (Å²) in [6, 6.07) is 10.9. The lowest BCUT2D eigenvalue weighted by Gasteiger charge is -2.26. The highest BCUT2D eigenvalue weighted by Gasteiger charge is 2.28. The molecule has 3 heteroatoms. The fraction of sp³-hybridized carbons (Fsp3) is 0.500. The predicted octanol–water partition coefficient (Wildman–Crippen LogP) is 2.38. The molecular formula is C14H18N2O. The molecule has 2 unspecified atom stereocenters. The van der Waals surface area contributed by atoms with E-state index in [0.29, 0.717) is 6.04 Å². The number of hydrogen-bond acceptors (Lipinski definition) is 3. The van der Waals surface area contributed by atoms with E-state index in [9.17, 15) is 4.79 Å². The lowest BCUT2D eigenvalue weighted by molar-refractivity contribution is 0.222. The van der Waals surface area contributed by atoms with Crippen molar-refractivity contribution in [1.82, 2.24) is 4.90 Å². The monoisotopic (exact) mass is 230 g/mol. The Morgan fingerprint density at radius 1 is 1.47 bits per heavy atom. The Kier molecular flexibility index (Phi) is 4.08. The minimum atomic E-state index is 0.0544. The van der Waals surface area contributed by atoms with Gasteiger partial charge >= 0.3 is 0 Å². The van der Waals surface area contributed by atoms with Crippen LogP contribution >= 0.6 is 0 Å². The van der Waals surface area contributed by atoms with E-state index in [1.54, 1.807) is 6.08 Å². The molecule has 2 atom stereocenters. The summed E-state index contributed by atoms with van der Waals surface area (Å²) in [5.41, 5.74) is 1.32. The standard InChI is InChI=1S/C14H18N2O/c1-12(15-11-17)14-8-5-9-16(14)10-13-6-3-2-4-7-13/h2-4,6-7,12,14H,5,8-10H2,1H3. The third kappa shape index (κ3) is 3.02. The van der Waals surface area contributed by atoms with Gasteiger partial charge in [-0.2, -0.15) is 0 Å². The molecule has 0 spiro atoms. The maximum absolute atomic E-state index is 10.3. The minimum absolute atomic E-state index is 0.0544. The Morgan fingerprint density at radius 3 is 2.94 bits per heavy atom. The number of likely N-dealkylation sites (tertiary alicyclic amines) is 1. The smallest absolute Gasteiger partial charge is 0.235 e.